The van der Waals surface area contributed by atoms with E-state index in [-0.39, 0.29) is 5.91 Å². The summed E-state index contributed by atoms with van der Waals surface area (Å²) in [5, 5.41) is 17.2. The van der Waals surface area contributed by atoms with Gasteiger partial charge in [-0.15, -0.1) is 0 Å². The Morgan fingerprint density at radius 1 is 1.14 bits per heavy atom. The number of carbonyl (C=O) groups is 1. The Kier molecular flexibility index (Phi) is 5.73. The number of nitrogens with zero attached hydrogens (tertiary/aromatic N) is 4. The van der Waals surface area contributed by atoms with Crippen molar-refractivity contribution in [3.8, 4) is 23.3 Å². The molecule has 8 nitrogen and oxygen atoms in total. The van der Waals surface area contributed by atoms with E-state index in [9.17, 15) is 4.79 Å². The number of benzene rings is 2. The van der Waals surface area contributed by atoms with Gasteiger partial charge < -0.3 is 14.5 Å². The lowest BCUT2D eigenvalue weighted by atomic mass is 10.1. The predicted octanol–water partition coefficient (Wildman–Crippen LogP) is 5.24. The van der Waals surface area contributed by atoms with E-state index in [1.807, 2.05) is 31.2 Å². The average molecular weight is 463 g/mol. The molecule has 3 aromatic heterocycles. The summed E-state index contributed by atoms with van der Waals surface area (Å²) in [5.41, 5.74) is 4.36. The monoisotopic (exact) mass is 463 g/mol. The van der Waals surface area contributed by atoms with Crippen LogP contribution in [0.5, 0.6) is 5.75 Å². The maximum atomic E-state index is 13.4. The van der Waals surface area contributed by atoms with Crippen molar-refractivity contribution >= 4 is 22.6 Å². The Hall–Kier alpha value is -4.90. The second-order valence-electron chi connectivity index (χ2n) is 8.02. The van der Waals surface area contributed by atoms with Crippen LogP contribution in [0.15, 0.2) is 77.4 Å². The first-order valence-electron chi connectivity index (χ1n) is 10.9. The number of nitriles is 1. The highest BCUT2D eigenvalue weighted by Crippen LogP contribution is 2.28. The van der Waals surface area contributed by atoms with Gasteiger partial charge in [0.1, 0.15) is 18.1 Å². The zero-order chi connectivity index (χ0) is 24.4. The lowest BCUT2D eigenvalue weighted by Gasteiger charge is -2.11. The Morgan fingerprint density at radius 3 is 2.80 bits per heavy atom. The highest BCUT2D eigenvalue weighted by molar-refractivity contribution is 6.13. The van der Waals surface area contributed by atoms with Crippen LogP contribution >= 0.6 is 0 Å². The molecule has 0 unspecified atom stereocenters. The van der Waals surface area contributed by atoms with Crippen molar-refractivity contribution in [3.63, 3.8) is 0 Å². The number of anilines is 1. The largest absolute Gasteiger partial charge is 0.489 e. The number of rotatable bonds is 6. The summed E-state index contributed by atoms with van der Waals surface area (Å²) < 4.78 is 13.0. The summed E-state index contributed by atoms with van der Waals surface area (Å²) in [6.07, 6.45) is 1.57. The molecule has 2 aromatic carbocycles. The van der Waals surface area contributed by atoms with E-state index >= 15 is 0 Å². The van der Waals surface area contributed by atoms with Crippen molar-refractivity contribution < 1.29 is 13.9 Å². The molecule has 5 rings (SSSR count). The molecule has 0 atom stereocenters. The van der Waals surface area contributed by atoms with Gasteiger partial charge in [0.2, 0.25) is 0 Å². The Bertz CT molecular complexity index is 1580. The molecule has 0 bridgehead atoms. The molecular weight excluding hydrogens is 442 g/mol. The van der Waals surface area contributed by atoms with Crippen LogP contribution in [-0.4, -0.2) is 20.7 Å². The van der Waals surface area contributed by atoms with Gasteiger partial charge in [-0.25, -0.2) is 4.98 Å². The molecule has 0 aliphatic heterocycles. The van der Waals surface area contributed by atoms with Crippen LogP contribution in [0.2, 0.25) is 0 Å². The minimum absolute atomic E-state index is 0.292. The molecule has 35 heavy (non-hydrogen) atoms. The molecule has 0 saturated heterocycles. The Balaban J connectivity index is 1.41. The molecule has 5 aromatic rings. The summed E-state index contributed by atoms with van der Waals surface area (Å²) in [7, 11) is 1.79. The molecular formula is C27H21N5O3. The molecule has 1 amide bonds. The van der Waals surface area contributed by atoms with Gasteiger partial charge in [0.15, 0.2) is 11.4 Å². The maximum Gasteiger partial charge on any atom is 0.256 e. The van der Waals surface area contributed by atoms with Gasteiger partial charge in [-0.2, -0.15) is 10.4 Å². The first-order valence-corrected chi connectivity index (χ1v) is 10.9. The van der Waals surface area contributed by atoms with Crippen LogP contribution in [0.25, 0.3) is 22.5 Å². The number of amides is 1. The van der Waals surface area contributed by atoms with Crippen molar-refractivity contribution in [1.29, 1.82) is 5.26 Å². The Labute approximate surface area is 201 Å². The van der Waals surface area contributed by atoms with Crippen LogP contribution in [0.1, 0.15) is 27.2 Å². The summed E-state index contributed by atoms with van der Waals surface area (Å²) in [5.74, 6) is 0.870. The predicted molar refractivity (Wildman–Crippen MR) is 131 cm³/mol. The second kappa shape index (κ2) is 9.15. The number of hydrogen-bond acceptors (Lipinski definition) is 6. The minimum atomic E-state index is -0.292. The summed E-state index contributed by atoms with van der Waals surface area (Å²) >= 11 is 0. The molecule has 172 valence electrons. The normalized spacial score (nSPS) is 10.8. The number of pyridine rings is 1. The van der Waals surface area contributed by atoms with Crippen LogP contribution in [0, 0.1) is 18.3 Å². The standard InChI is InChI=1S/C27H21N5O3/c1-17-25-22(14-23(24-10-5-11-34-24)30-26(25)32(2)31-17)27(33)29-20-8-4-9-21(13-20)35-16-19-7-3-6-18(12-19)15-28/h3-14H,16H2,1-2H3,(H,29,33). The topological polar surface area (TPSA) is 106 Å². The van der Waals surface area contributed by atoms with Gasteiger partial charge in [0, 0.05) is 18.8 Å². The molecule has 0 fully saturated rings. The SMILES string of the molecule is Cc1nn(C)c2nc(-c3ccco3)cc(C(=O)Nc3cccc(OCc4cccc(C#N)c4)c3)c12. The van der Waals surface area contributed by atoms with E-state index in [1.165, 1.54) is 0 Å². The highest BCUT2D eigenvalue weighted by Gasteiger charge is 2.20. The van der Waals surface area contributed by atoms with Crippen LogP contribution < -0.4 is 10.1 Å². The molecule has 1 N–H and O–H groups in total. The van der Waals surface area contributed by atoms with E-state index in [4.69, 9.17) is 14.4 Å². The number of furan rings is 1. The summed E-state index contributed by atoms with van der Waals surface area (Å²) in [6, 6.07) is 21.8. The third-order valence-corrected chi connectivity index (χ3v) is 5.54. The van der Waals surface area contributed by atoms with Crippen LogP contribution in [0.3, 0.4) is 0 Å². The molecule has 0 aliphatic rings. The lowest BCUT2D eigenvalue weighted by Crippen LogP contribution is -2.13. The summed E-state index contributed by atoms with van der Waals surface area (Å²) in [6.45, 7) is 2.16. The minimum Gasteiger partial charge on any atom is -0.489 e. The van der Waals surface area contributed by atoms with Crippen LogP contribution in [0.4, 0.5) is 5.69 Å². The number of fused-ring (bicyclic) bond motifs is 1. The fourth-order valence-electron chi connectivity index (χ4n) is 3.93. The second-order valence-corrected chi connectivity index (χ2v) is 8.02. The lowest BCUT2D eigenvalue weighted by molar-refractivity contribution is 0.102. The Morgan fingerprint density at radius 2 is 2.00 bits per heavy atom. The molecule has 0 aliphatic carbocycles. The van der Waals surface area contributed by atoms with Crippen molar-refractivity contribution in [3.05, 3.63) is 95.4 Å². The fraction of sp³-hybridized carbons (Fsp3) is 0.111. The van der Waals surface area contributed by atoms with Crippen LogP contribution in [-0.2, 0) is 13.7 Å². The van der Waals surface area contributed by atoms with Gasteiger partial charge in [0.25, 0.3) is 5.91 Å². The first kappa shape index (κ1) is 21.9. The van der Waals surface area contributed by atoms with Gasteiger partial charge in [-0.05, 0) is 55.0 Å². The zero-order valence-electron chi connectivity index (χ0n) is 19.1. The maximum absolute atomic E-state index is 13.4. The third-order valence-electron chi connectivity index (χ3n) is 5.54. The van der Waals surface area contributed by atoms with Gasteiger partial charge >= 0.3 is 0 Å². The van der Waals surface area contributed by atoms with E-state index in [0.29, 0.717) is 57.4 Å². The van der Waals surface area contributed by atoms with Gasteiger partial charge in [0.05, 0.1) is 34.5 Å². The van der Waals surface area contributed by atoms with E-state index in [2.05, 4.69) is 21.5 Å². The van der Waals surface area contributed by atoms with Crippen molar-refractivity contribution in [2.45, 2.75) is 13.5 Å². The van der Waals surface area contributed by atoms with Gasteiger partial charge in [-0.3, -0.25) is 9.48 Å². The van der Waals surface area contributed by atoms with E-state index < -0.39 is 0 Å². The molecule has 0 saturated carbocycles. The van der Waals surface area contributed by atoms with Crippen molar-refractivity contribution in [1.82, 2.24) is 14.8 Å². The fourth-order valence-corrected chi connectivity index (χ4v) is 3.93. The number of aryl methyl sites for hydroxylation is 2. The van der Waals surface area contributed by atoms with Crippen molar-refractivity contribution in [2.75, 3.05) is 5.32 Å². The first-order chi connectivity index (χ1) is 17.0. The molecule has 3 heterocycles. The summed E-state index contributed by atoms with van der Waals surface area (Å²) in [4.78, 5) is 18.0. The quantitative estimate of drug-likeness (QED) is 0.369. The highest BCUT2D eigenvalue weighted by atomic mass is 16.5. The molecule has 8 heteroatoms. The number of ether oxygens (including phenoxy) is 1. The number of aromatic nitrogens is 3. The van der Waals surface area contributed by atoms with Gasteiger partial charge in [-0.1, -0.05) is 18.2 Å². The number of carbonyl (C=O) groups excluding carboxylic acids is 1. The van der Waals surface area contributed by atoms with E-state index in [0.717, 1.165) is 5.56 Å². The molecule has 0 radical (unpaired) electrons. The van der Waals surface area contributed by atoms with Crippen molar-refractivity contribution in [2.24, 2.45) is 7.05 Å². The smallest absolute Gasteiger partial charge is 0.256 e. The molecule has 0 spiro atoms. The third kappa shape index (κ3) is 4.48. The van der Waals surface area contributed by atoms with E-state index in [1.54, 1.807) is 60.5 Å². The number of nitrogens with one attached hydrogen (secondary N) is 1. The average Bonchev–Trinajstić information content (AvgIpc) is 3.51. The zero-order valence-corrected chi connectivity index (χ0v) is 19.1. The number of hydrogen-bond donors (Lipinski definition) is 1.